The highest BCUT2D eigenvalue weighted by Crippen LogP contribution is 2.26. The fourth-order valence-electron chi connectivity index (χ4n) is 1.94. The Kier molecular flexibility index (Phi) is 2.77. The number of aryl methyl sites for hydroxylation is 1. The third-order valence-electron chi connectivity index (χ3n) is 2.94. The van der Waals surface area contributed by atoms with Crippen LogP contribution in [0.1, 0.15) is 12.0 Å². The van der Waals surface area contributed by atoms with Gasteiger partial charge in [-0.25, -0.2) is 4.39 Å². The monoisotopic (exact) mass is 219 g/mol. The van der Waals surface area contributed by atoms with E-state index in [1.165, 1.54) is 6.07 Å². The van der Waals surface area contributed by atoms with E-state index in [0.29, 0.717) is 18.5 Å². The third kappa shape index (κ3) is 1.85. The zero-order valence-corrected chi connectivity index (χ0v) is 9.24. The van der Waals surface area contributed by atoms with E-state index >= 15 is 0 Å². The van der Waals surface area contributed by atoms with E-state index < -0.39 is 0 Å². The van der Waals surface area contributed by atoms with Gasteiger partial charge >= 0.3 is 0 Å². The van der Waals surface area contributed by atoms with Crippen molar-refractivity contribution in [2.45, 2.75) is 13.3 Å². The van der Waals surface area contributed by atoms with Crippen molar-refractivity contribution in [3.63, 3.8) is 0 Å². The fraction of sp³-hybridized carbons (Fsp3) is 0.308. The lowest BCUT2D eigenvalue weighted by molar-refractivity contribution is -0.117. The van der Waals surface area contributed by atoms with E-state index in [4.69, 9.17) is 0 Å². The van der Waals surface area contributed by atoms with Crippen molar-refractivity contribution < 1.29 is 9.18 Å². The molecule has 1 amide bonds. The molecule has 0 saturated carbocycles. The summed E-state index contributed by atoms with van der Waals surface area (Å²) in [6, 6.07) is 4.75. The Morgan fingerprint density at radius 2 is 2.31 bits per heavy atom. The molecule has 1 saturated heterocycles. The van der Waals surface area contributed by atoms with Crippen LogP contribution >= 0.6 is 0 Å². The van der Waals surface area contributed by atoms with Crippen molar-refractivity contribution in [2.24, 2.45) is 5.92 Å². The molecule has 1 aromatic carbocycles. The van der Waals surface area contributed by atoms with Crippen LogP contribution in [0.5, 0.6) is 0 Å². The number of halogens is 1. The van der Waals surface area contributed by atoms with Gasteiger partial charge < -0.3 is 4.90 Å². The molecule has 1 aliphatic rings. The molecule has 1 unspecified atom stereocenters. The molecule has 0 aromatic heterocycles. The van der Waals surface area contributed by atoms with E-state index in [1.807, 2.05) is 0 Å². The normalized spacial score (nSPS) is 20.2. The highest BCUT2D eigenvalue weighted by atomic mass is 19.1. The van der Waals surface area contributed by atoms with Crippen LogP contribution in [0.15, 0.2) is 30.9 Å². The average Bonchev–Trinajstić information content (AvgIpc) is 2.64. The van der Waals surface area contributed by atoms with Crippen LogP contribution in [-0.2, 0) is 4.79 Å². The molecule has 3 heteroatoms. The van der Waals surface area contributed by atoms with E-state index in [9.17, 15) is 9.18 Å². The molecule has 0 aliphatic carbocycles. The molecule has 0 spiro atoms. The van der Waals surface area contributed by atoms with Crippen LogP contribution in [0.2, 0.25) is 0 Å². The van der Waals surface area contributed by atoms with Gasteiger partial charge in [0, 0.05) is 24.6 Å². The Labute approximate surface area is 94.4 Å². The summed E-state index contributed by atoms with van der Waals surface area (Å²) in [5.74, 6) is 0.0458. The number of hydrogen-bond donors (Lipinski definition) is 0. The van der Waals surface area contributed by atoms with E-state index in [1.54, 1.807) is 30.0 Å². The third-order valence-corrected chi connectivity index (χ3v) is 2.94. The quantitative estimate of drug-likeness (QED) is 0.700. The lowest BCUT2D eigenvalue weighted by Gasteiger charge is -2.16. The predicted octanol–water partition coefficient (Wildman–Crippen LogP) is 2.67. The highest BCUT2D eigenvalue weighted by Gasteiger charge is 2.28. The Morgan fingerprint density at radius 3 is 2.88 bits per heavy atom. The molecule has 0 bridgehead atoms. The van der Waals surface area contributed by atoms with Gasteiger partial charge in [0.2, 0.25) is 5.91 Å². The number of hydrogen-bond acceptors (Lipinski definition) is 1. The number of anilines is 1. The van der Waals surface area contributed by atoms with Crippen molar-refractivity contribution in [1.29, 1.82) is 0 Å². The lowest BCUT2D eigenvalue weighted by atomic mass is 10.1. The number of rotatable bonds is 2. The highest BCUT2D eigenvalue weighted by molar-refractivity contribution is 5.96. The zero-order chi connectivity index (χ0) is 11.7. The van der Waals surface area contributed by atoms with Crippen molar-refractivity contribution >= 4 is 11.6 Å². The van der Waals surface area contributed by atoms with Gasteiger partial charge in [-0.15, -0.1) is 6.58 Å². The summed E-state index contributed by atoms with van der Waals surface area (Å²) in [5.41, 5.74) is 1.33. The second-order valence-corrected chi connectivity index (χ2v) is 4.14. The maximum Gasteiger partial charge on any atom is 0.227 e. The largest absolute Gasteiger partial charge is 0.312 e. The van der Waals surface area contributed by atoms with Crippen LogP contribution in [0.3, 0.4) is 0 Å². The van der Waals surface area contributed by atoms with Crippen molar-refractivity contribution in [2.75, 3.05) is 11.4 Å². The summed E-state index contributed by atoms with van der Waals surface area (Å²) in [4.78, 5) is 13.4. The second kappa shape index (κ2) is 4.08. The number of nitrogens with zero attached hydrogens (tertiary/aromatic N) is 1. The predicted molar refractivity (Wildman–Crippen MR) is 61.8 cm³/mol. The van der Waals surface area contributed by atoms with Crippen LogP contribution in [0.25, 0.3) is 0 Å². The average molecular weight is 219 g/mol. The van der Waals surface area contributed by atoms with Crippen molar-refractivity contribution in [3.8, 4) is 0 Å². The Morgan fingerprint density at radius 1 is 1.56 bits per heavy atom. The standard InChI is InChI=1S/C13H14FNO/c1-3-10-7-13(16)15(8-10)11-4-5-12(14)9(2)6-11/h3-6,10H,1,7-8H2,2H3. The van der Waals surface area contributed by atoms with E-state index in [0.717, 1.165) is 5.69 Å². The Balaban J connectivity index is 2.27. The van der Waals surface area contributed by atoms with Crippen molar-refractivity contribution in [3.05, 3.63) is 42.2 Å². The van der Waals surface area contributed by atoms with E-state index in [-0.39, 0.29) is 17.6 Å². The summed E-state index contributed by atoms with van der Waals surface area (Å²) in [5, 5.41) is 0. The molecule has 1 aromatic rings. The van der Waals surface area contributed by atoms with Crippen LogP contribution in [0, 0.1) is 18.7 Å². The summed E-state index contributed by atoms with van der Waals surface area (Å²) in [7, 11) is 0. The van der Waals surface area contributed by atoms with Gasteiger partial charge in [-0.2, -0.15) is 0 Å². The summed E-state index contributed by atoms with van der Waals surface area (Å²) >= 11 is 0. The van der Waals surface area contributed by atoms with Gasteiger partial charge in [0.25, 0.3) is 0 Å². The minimum Gasteiger partial charge on any atom is -0.312 e. The Hall–Kier alpha value is -1.64. The summed E-state index contributed by atoms with van der Waals surface area (Å²) < 4.78 is 13.1. The molecule has 0 N–H and O–H groups in total. The first-order chi connectivity index (χ1) is 7.61. The first kappa shape index (κ1) is 10.9. The summed E-state index contributed by atoms with van der Waals surface area (Å²) in [6.45, 7) is 6.04. The molecule has 2 nitrogen and oxygen atoms in total. The minimum atomic E-state index is -0.240. The molecule has 84 valence electrons. The molecule has 1 heterocycles. The topological polar surface area (TPSA) is 20.3 Å². The number of amides is 1. The molecule has 0 radical (unpaired) electrons. The lowest BCUT2D eigenvalue weighted by Crippen LogP contribution is -2.24. The fourth-order valence-corrected chi connectivity index (χ4v) is 1.94. The maximum atomic E-state index is 13.1. The zero-order valence-electron chi connectivity index (χ0n) is 9.24. The molecule has 16 heavy (non-hydrogen) atoms. The SMILES string of the molecule is C=CC1CC(=O)N(c2ccc(F)c(C)c2)C1. The van der Waals surface area contributed by atoms with E-state index in [2.05, 4.69) is 6.58 Å². The number of carbonyl (C=O) groups excluding carboxylic acids is 1. The van der Waals surface area contributed by atoms with Gasteiger partial charge in [-0.05, 0) is 30.7 Å². The van der Waals surface area contributed by atoms with Gasteiger partial charge in [0.1, 0.15) is 5.82 Å². The van der Waals surface area contributed by atoms with Gasteiger partial charge in [-0.1, -0.05) is 6.08 Å². The van der Waals surface area contributed by atoms with Gasteiger partial charge in [0.05, 0.1) is 0 Å². The minimum absolute atomic E-state index is 0.0795. The van der Waals surface area contributed by atoms with Gasteiger partial charge in [0.15, 0.2) is 0 Å². The number of benzene rings is 1. The molecule has 2 rings (SSSR count). The molecular weight excluding hydrogens is 205 g/mol. The first-order valence-corrected chi connectivity index (χ1v) is 5.31. The molecular formula is C13H14FNO. The summed E-state index contributed by atoms with van der Waals surface area (Å²) in [6.07, 6.45) is 2.30. The molecule has 1 fully saturated rings. The maximum absolute atomic E-state index is 13.1. The second-order valence-electron chi connectivity index (χ2n) is 4.14. The van der Waals surface area contributed by atoms with Crippen LogP contribution in [0.4, 0.5) is 10.1 Å². The van der Waals surface area contributed by atoms with Gasteiger partial charge in [-0.3, -0.25) is 4.79 Å². The Bertz CT molecular complexity index is 442. The van der Waals surface area contributed by atoms with Crippen molar-refractivity contribution in [1.82, 2.24) is 0 Å². The van der Waals surface area contributed by atoms with Crippen LogP contribution < -0.4 is 4.90 Å². The van der Waals surface area contributed by atoms with Crippen LogP contribution in [-0.4, -0.2) is 12.5 Å². The first-order valence-electron chi connectivity index (χ1n) is 5.31. The smallest absolute Gasteiger partial charge is 0.227 e. The molecule has 1 aliphatic heterocycles. The molecule has 1 atom stereocenters. The number of carbonyl (C=O) groups is 1.